The van der Waals surface area contributed by atoms with E-state index in [0.717, 1.165) is 27.3 Å². The number of benzene rings is 2. The number of aryl methyl sites for hydroxylation is 3. The maximum Gasteiger partial charge on any atom is 0.235 e. The second-order valence-corrected chi connectivity index (χ2v) is 9.22. The second kappa shape index (κ2) is 8.84. The molecule has 0 aliphatic carbocycles. The van der Waals surface area contributed by atoms with Crippen LogP contribution in [0.4, 0.5) is 4.39 Å². The third-order valence-electron chi connectivity index (χ3n) is 4.79. The summed E-state index contributed by atoms with van der Waals surface area (Å²) in [4.78, 5) is 12.5. The zero-order valence-electron chi connectivity index (χ0n) is 16.9. The largest absolute Gasteiger partial charge is 0.348 e. The van der Waals surface area contributed by atoms with Gasteiger partial charge in [0, 0.05) is 6.54 Å². The molecule has 1 unspecified atom stereocenters. The molecule has 0 saturated heterocycles. The molecule has 0 heterocycles. The molecule has 28 heavy (non-hydrogen) atoms. The SMILES string of the molecule is Cc1cc(C)c(C(C)NC(=O)CN(Cc2ccc(F)cc2)S(C)(=O)=O)cc1C. The first-order valence-corrected chi connectivity index (χ1v) is 10.9. The molecule has 2 aromatic carbocycles. The lowest BCUT2D eigenvalue weighted by atomic mass is 9.96. The minimum atomic E-state index is -3.61. The van der Waals surface area contributed by atoms with Gasteiger partial charge >= 0.3 is 0 Å². The molecule has 0 aromatic heterocycles. The summed E-state index contributed by atoms with van der Waals surface area (Å²) < 4.78 is 38.3. The summed E-state index contributed by atoms with van der Waals surface area (Å²) >= 11 is 0. The van der Waals surface area contributed by atoms with Crippen LogP contribution in [-0.2, 0) is 21.4 Å². The molecule has 0 fully saturated rings. The van der Waals surface area contributed by atoms with Gasteiger partial charge in [-0.05, 0) is 67.6 Å². The van der Waals surface area contributed by atoms with E-state index in [1.54, 1.807) is 0 Å². The second-order valence-electron chi connectivity index (χ2n) is 7.24. The Hall–Kier alpha value is -2.25. The van der Waals surface area contributed by atoms with Crippen LogP contribution in [0.1, 0.15) is 40.8 Å². The highest BCUT2D eigenvalue weighted by atomic mass is 32.2. The number of halogens is 1. The van der Waals surface area contributed by atoms with Crippen LogP contribution in [0.5, 0.6) is 0 Å². The predicted molar refractivity (Wildman–Crippen MR) is 109 cm³/mol. The average molecular weight is 407 g/mol. The minimum absolute atomic E-state index is 0.00355. The Morgan fingerprint density at radius 2 is 1.64 bits per heavy atom. The van der Waals surface area contributed by atoms with Gasteiger partial charge in [-0.3, -0.25) is 4.79 Å². The van der Waals surface area contributed by atoms with E-state index in [0.29, 0.717) is 5.56 Å². The Bertz CT molecular complexity index is 956. The molecule has 5 nitrogen and oxygen atoms in total. The summed E-state index contributed by atoms with van der Waals surface area (Å²) in [5.41, 5.74) is 5.00. The van der Waals surface area contributed by atoms with E-state index in [1.807, 2.05) is 33.8 Å². The zero-order valence-corrected chi connectivity index (χ0v) is 17.7. The Kier molecular flexibility index (Phi) is 6.96. The molecule has 0 bridgehead atoms. The first kappa shape index (κ1) is 22.0. The maximum atomic E-state index is 13.1. The summed E-state index contributed by atoms with van der Waals surface area (Å²) in [5.74, 6) is -0.789. The molecule has 2 rings (SSSR count). The van der Waals surface area contributed by atoms with Gasteiger partial charge in [-0.25, -0.2) is 12.8 Å². The molecule has 0 saturated carbocycles. The van der Waals surface area contributed by atoms with Crippen molar-refractivity contribution < 1.29 is 17.6 Å². The maximum absolute atomic E-state index is 13.1. The topological polar surface area (TPSA) is 66.5 Å². The zero-order chi connectivity index (χ0) is 21.1. The van der Waals surface area contributed by atoms with Crippen LogP contribution in [-0.4, -0.2) is 31.4 Å². The summed E-state index contributed by atoms with van der Waals surface area (Å²) in [7, 11) is -3.61. The third-order valence-corrected chi connectivity index (χ3v) is 5.98. The number of sulfonamides is 1. The molecular formula is C21H27FN2O3S. The lowest BCUT2D eigenvalue weighted by Gasteiger charge is -2.22. The van der Waals surface area contributed by atoms with Crippen molar-refractivity contribution in [3.63, 3.8) is 0 Å². The van der Waals surface area contributed by atoms with Gasteiger partial charge in [0.2, 0.25) is 15.9 Å². The van der Waals surface area contributed by atoms with Crippen LogP contribution in [0.25, 0.3) is 0 Å². The fourth-order valence-electron chi connectivity index (χ4n) is 3.06. The van der Waals surface area contributed by atoms with Crippen molar-refractivity contribution in [1.29, 1.82) is 0 Å². The Labute approximate surface area is 166 Å². The lowest BCUT2D eigenvalue weighted by molar-refractivity contribution is -0.122. The summed E-state index contributed by atoms with van der Waals surface area (Å²) in [6.07, 6.45) is 1.06. The van der Waals surface area contributed by atoms with Crippen molar-refractivity contribution in [1.82, 2.24) is 9.62 Å². The van der Waals surface area contributed by atoms with Crippen LogP contribution in [0.3, 0.4) is 0 Å². The number of hydrogen-bond donors (Lipinski definition) is 1. The highest BCUT2D eigenvalue weighted by Crippen LogP contribution is 2.21. The van der Waals surface area contributed by atoms with Gasteiger partial charge in [0.25, 0.3) is 0 Å². The molecule has 1 atom stereocenters. The van der Waals surface area contributed by atoms with Gasteiger partial charge in [0.05, 0.1) is 18.8 Å². The van der Waals surface area contributed by atoms with E-state index in [4.69, 9.17) is 0 Å². The fourth-order valence-corrected chi connectivity index (χ4v) is 3.79. The normalized spacial score (nSPS) is 12.8. The van der Waals surface area contributed by atoms with E-state index in [-0.39, 0.29) is 19.1 Å². The molecule has 152 valence electrons. The van der Waals surface area contributed by atoms with Gasteiger partial charge in [-0.2, -0.15) is 4.31 Å². The molecule has 0 aliphatic rings. The molecule has 1 N–H and O–H groups in total. The van der Waals surface area contributed by atoms with Crippen LogP contribution in [0, 0.1) is 26.6 Å². The van der Waals surface area contributed by atoms with Crippen molar-refractivity contribution in [3.05, 3.63) is 70.0 Å². The van der Waals surface area contributed by atoms with Gasteiger partial charge in [0.1, 0.15) is 5.82 Å². The van der Waals surface area contributed by atoms with Gasteiger partial charge in [0.15, 0.2) is 0 Å². The summed E-state index contributed by atoms with van der Waals surface area (Å²) in [6.45, 7) is 7.62. The fraction of sp³-hybridized carbons (Fsp3) is 0.381. The smallest absolute Gasteiger partial charge is 0.235 e. The highest BCUT2D eigenvalue weighted by Gasteiger charge is 2.22. The summed E-state index contributed by atoms with van der Waals surface area (Å²) in [5, 5.41) is 2.88. The summed E-state index contributed by atoms with van der Waals surface area (Å²) in [6, 6.07) is 9.41. The Balaban J connectivity index is 2.11. The minimum Gasteiger partial charge on any atom is -0.348 e. The lowest BCUT2D eigenvalue weighted by Crippen LogP contribution is -2.40. The molecule has 7 heteroatoms. The van der Waals surface area contributed by atoms with Crippen molar-refractivity contribution in [2.75, 3.05) is 12.8 Å². The standard InChI is InChI=1S/C21H27FN2O3S/c1-14-10-16(3)20(11-15(14)2)17(4)23-21(25)13-24(28(5,26)27)12-18-6-8-19(22)9-7-18/h6-11,17H,12-13H2,1-5H3,(H,23,25). The number of amides is 1. The van der Waals surface area contributed by atoms with Crippen LogP contribution < -0.4 is 5.32 Å². The van der Waals surface area contributed by atoms with Crippen molar-refractivity contribution >= 4 is 15.9 Å². The quantitative estimate of drug-likeness (QED) is 0.766. The first-order valence-electron chi connectivity index (χ1n) is 9.04. The van der Waals surface area contributed by atoms with Crippen molar-refractivity contribution in [2.45, 2.75) is 40.3 Å². The number of nitrogens with zero attached hydrogens (tertiary/aromatic N) is 1. The Morgan fingerprint density at radius 3 is 2.21 bits per heavy atom. The number of nitrogens with one attached hydrogen (secondary N) is 1. The molecule has 0 radical (unpaired) electrons. The van der Waals surface area contributed by atoms with Crippen molar-refractivity contribution in [2.24, 2.45) is 0 Å². The van der Waals surface area contributed by atoms with Crippen LogP contribution in [0.15, 0.2) is 36.4 Å². The van der Waals surface area contributed by atoms with E-state index >= 15 is 0 Å². The van der Waals surface area contributed by atoms with E-state index < -0.39 is 21.7 Å². The van der Waals surface area contributed by atoms with Crippen LogP contribution in [0.2, 0.25) is 0 Å². The molecular weight excluding hydrogens is 379 g/mol. The van der Waals surface area contributed by atoms with Crippen LogP contribution >= 0.6 is 0 Å². The molecule has 0 aliphatic heterocycles. The van der Waals surface area contributed by atoms with E-state index in [9.17, 15) is 17.6 Å². The van der Waals surface area contributed by atoms with Gasteiger partial charge < -0.3 is 5.32 Å². The monoisotopic (exact) mass is 406 g/mol. The number of hydrogen-bond acceptors (Lipinski definition) is 3. The van der Waals surface area contributed by atoms with E-state index in [2.05, 4.69) is 11.4 Å². The molecule has 1 amide bonds. The highest BCUT2D eigenvalue weighted by molar-refractivity contribution is 7.88. The third kappa shape index (κ3) is 5.87. The van der Waals surface area contributed by atoms with E-state index in [1.165, 1.54) is 29.8 Å². The molecule has 2 aromatic rings. The predicted octanol–water partition coefficient (Wildman–Crippen LogP) is 3.39. The Morgan fingerprint density at radius 1 is 1.07 bits per heavy atom. The molecule has 0 spiro atoms. The number of rotatable bonds is 7. The number of carbonyl (C=O) groups excluding carboxylic acids is 1. The number of carbonyl (C=O) groups is 1. The van der Waals surface area contributed by atoms with Gasteiger partial charge in [-0.15, -0.1) is 0 Å². The first-order chi connectivity index (χ1) is 13.0. The van der Waals surface area contributed by atoms with Crippen molar-refractivity contribution in [3.8, 4) is 0 Å². The van der Waals surface area contributed by atoms with Gasteiger partial charge in [-0.1, -0.05) is 24.3 Å². The average Bonchev–Trinajstić information content (AvgIpc) is 2.58.